The molecule has 6 heteroatoms. The van der Waals surface area contributed by atoms with Crippen LogP contribution in [0.15, 0.2) is 42.5 Å². The highest BCUT2D eigenvalue weighted by Crippen LogP contribution is 2.33. The van der Waals surface area contributed by atoms with E-state index >= 15 is 0 Å². The zero-order valence-electron chi connectivity index (χ0n) is 20.1. The van der Waals surface area contributed by atoms with Crippen LogP contribution in [-0.2, 0) is 17.6 Å². The van der Waals surface area contributed by atoms with E-state index in [2.05, 4.69) is 38.1 Å². The predicted octanol–water partition coefficient (Wildman–Crippen LogP) is 5.40. The number of nitrogens with two attached hydrogens (primary N) is 1. The highest BCUT2D eigenvalue weighted by atomic mass is 35.5. The number of benzene rings is 2. The van der Waals surface area contributed by atoms with Gasteiger partial charge in [0, 0.05) is 29.7 Å². The second-order valence-corrected chi connectivity index (χ2v) is 10.5. The summed E-state index contributed by atoms with van der Waals surface area (Å²) in [6.07, 6.45) is 4.62. The Bertz CT molecular complexity index is 908. The number of piperidine rings is 1. The Morgan fingerprint density at radius 2 is 1.70 bits per heavy atom. The maximum Gasteiger partial charge on any atom is 0.239 e. The Hall–Kier alpha value is -1.59. The Labute approximate surface area is 209 Å². The third-order valence-electron chi connectivity index (χ3n) is 6.75. The van der Waals surface area contributed by atoms with Gasteiger partial charge < -0.3 is 15.5 Å². The van der Waals surface area contributed by atoms with Crippen molar-refractivity contribution in [1.29, 1.82) is 0 Å². The van der Waals surface area contributed by atoms with E-state index in [1.54, 1.807) is 0 Å². The average molecular weight is 491 g/mol. The van der Waals surface area contributed by atoms with Crippen molar-refractivity contribution in [3.8, 4) is 0 Å². The number of hydrogen-bond donors (Lipinski definition) is 1. The number of rotatable bonds is 9. The summed E-state index contributed by atoms with van der Waals surface area (Å²) in [7, 11) is 4.26. The van der Waals surface area contributed by atoms with Gasteiger partial charge in [-0.25, -0.2) is 0 Å². The molecule has 2 aromatic rings. The molecule has 0 saturated carbocycles. The summed E-state index contributed by atoms with van der Waals surface area (Å²) in [4.78, 5) is 17.2. The van der Waals surface area contributed by atoms with Crippen molar-refractivity contribution < 1.29 is 4.79 Å². The van der Waals surface area contributed by atoms with Crippen molar-refractivity contribution in [2.75, 3.05) is 33.7 Å². The SMILES string of the molecule is CC[C@H](Cc1cc(Cl)ccc1C1CCN(C(=O)[C@H](N)Cc2ccc(Cl)cc2)CC1)CN(C)C. The van der Waals surface area contributed by atoms with Crippen molar-refractivity contribution in [2.24, 2.45) is 11.7 Å². The number of likely N-dealkylation sites (tertiary alicyclic amines) is 1. The summed E-state index contributed by atoms with van der Waals surface area (Å²) in [5.74, 6) is 1.09. The molecule has 2 N–H and O–H groups in total. The molecule has 1 aliphatic heterocycles. The van der Waals surface area contributed by atoms with Crippen molar-refractivity contribution in [3.63, 3.8) is 0 Å². The van der Waals surface area contributed by atoms with Crippen molar-refractivity contribution in [2.45, 2.75) is 51.0 Å². The Balaban J connectivity index is 1.62. The van der Waals surface area contributed by atoms with Crippen molar-refractivity contribution in [1.82, 2.24) is 9.80 Å². The minimum absolute atomic E-state index is 0.0387. The molecule has 0 radical (unpaired) electrons. The maximum atomic E-state index is 13.0. The maximum absolute atomic E-state index is 13.0. The molecule has 2 aromatic carbocycles. The molecule has 1 amide bonds. The molecule has 0 spiro atoms. The van der Waals surface area contributed by atoms with Crippen LogP contribution < -0.4 is 5.73 Å². The van der Waals surface area contributed by atoms with Gasteiger partial charge in [0.25, 0.3) is 0 Å². The number of halogens is 2. The molecule has 0 aromatic heterocycles. The fourth-order valence-corrected chi connectivity index (χ4v) is 5.24. The Morgan fingerprint density at radius 3 is 2.30 bits per heavy atom. The molecule has 1 saturated heterocycles. The van der Waals surface area contributed by atoms with Crippen LogP contribution in [0.4, 0.5) is 0 Å². The van der Waals surface area contributed by atoms with Crippen molar-refractivity contribution >= 4 is 29.1 Å². The fraction of sp³-hybridized carbons (Fsp3) is 0.519. The van der Waals surface area contributed by atoms with Gasteiger partial charge in [-0.3, -0.25) is 4.79 Å². The Morgan fingerprint density at radius 1 is 1.06 bits per heavy atom. The van der Waals surface area contributed by atoms with Crippen LogP contribution in [0.2, 0.25) is 10.0 Å². The summed E-state index contributed by atoms with van der Waals surface area (Å²) in [5, 5.41) is 1.49. The second-order valence-electron chi connectivity index (χ2n) is 9.62. The van der Waals surface area contributed by atoms with E-state index < -0.39 is 6.04 Å². The van der Waals surface area contributed by atoms with E-state index in [9.17, 15) is 4.79 Å². The second kappa shape index (κ2) is 12.2. The number of hydrogen-bond acceptors (Lipinski definition) is 3. The minimum atomic E-state index is -0.523. The minimum Gasteiger partial charge on any atom is -0.341 e. The number of carbonyl (C=O) groups is 1. The third-order valence-corrected chi connectivity index (χ3v) is 7.23. The van der Waals surface area contributed by atoms with Gasteiger partial charge in [0.1, 0.15) is 0 Å². The van der Waals surface area contributed by atoms with E-state index in [0.29, 0.717) is 23.3 Å². The topological polar surface area (TPSA) is 49.6 Å². The monoisotopic (exact) mass is 489 g/mol. The number of nitrogens with zero attached hydrogens (tertiary/aromatic N) is 2. The molecule has 1 heterocycles. The van der Waals surface area contributed by atoms with Gasteiger partial charge in [-0.05, 0) is 92.6 Å². The van der Waals surface area contributed by atoms with Crippen LogP contribution in [0.25, 0.3) is 0 Å². The molecular formula is C27H37Cl2N3O. The van der Waals surface area contributed by atoms with E-state index in [4.69, 9.17) is 28.9 Å². The molecular weight excluding hydrogens is 453 g/mol. The van der Waals surface area contributed by atoms with Crippen LogP contribution in [0.5, 0.6) is 0 Å². The summed E-state index contributed by atoms with van der Waals surface area (Å²) < 4.78 is 0. The summed E-state index contributed by atoms with van der Waals surface area (Å²) >= 11 is 12.3. The highest BCUT2D eigenvalue weighted by Gasteiger charge is 2.28. The van der Waals surface area contributed by atoms with Crippen LogP contribution in [0, 0.1) is 5.92 Å². The first-order valence-corrected chi connectivity index (χ1v) is 12.7. The van der Waals surface area contributed by atoms with Gasteiger partial charge in [0.15, 0.2) is 0 Å². The van der Waals surface area contributed by atoms with E-state index in [-0.39, 0.29) is 5.91 Å². The van der Waals surface area contributed by atoms with Gasteiger partial charge in [-0.1, -0.05) is 54.7 Å². The standard InChI is InChI=1S/C27H37Cl2N3O/c1-4-19(18-31(2)3)15-22-17-24(29)9-10-25(22)21-11-13-32(14-12-21)27(33)26(30)16-20-5-7-23(28)8-6-20/h5-10,17,19,21,26H,4,11-16,18,30H2,1-3H3/t19-,26-/m1/s1. The number of carbonyl (C=O) groups excluding carboxylic acids is 1. The van der Waals surface area contributed by atoms with Gasteiger partial charge in [-0.15, -0.1) is 0 Å². The first-order valence-electron chi connectivity index (χ1n) is 12.0. The zero-order chi connectivity index (χ0) is 24.0. The highest BCUT2D eigenvalue weighted by molar-refractivity contribution is 6.30. The lowest BCUT2D eigenvalue weighted by atomic mass is 9.83. The molecule has 1 fully saturated rings. The lowest BCUT2D eigenvalue weighted by Crippen LogP contribution is -2.47. The largest absolute Gasteiger partial charge is 0.341 e. The van der Waals surface area contributed by atoms with Crippen LogP contribution in [-0.4, -0.2) is 55.5 Å². The van der Waals surface area contributed by atoms with Gasteiger partial charge in [0.05, 0.1) is 6.04 Å². The first kappa shape index (κ1) is 26.0. The molecule has 1 aliphatic rings. The van der Waals surface area contributed by atoms with Crippen LogP contribution in [0.1, 0.15) is 48.8 Å². The van der Waals surface area contributed by atoms with Gasteiger partial charge >= 0.3 is 0 Å². The normalized spacial score (nSPS) is 16.8. The van der Waals surface area contributed by atoms with Crippen molar-refractivity contribution in [3.05, 3.63) is 69.2 Å². The van der Waals surface area contributed by atoms with E-state index in [1.807, 2.05) is 35.2 Å². The summed E-state index contributed by atoms with van der Waals surface area (Å²) in [5.41, 5.74) is 10.1. The van der Waals surface area contributed by atoms with Gasteiger partial charge in [-0.2, -0.15) is 0 Å². The number of amides is 1. The Kier molecular flexibility index (Phi) is 9.63. The van der Waals surface area contributed by atoms with E-state index in [0.717, 1.165) is 55.9 Å². The summed E-state index contributed by atoms with van der Waals surface area (Å²) in [6.45, 7) is 4.82. The zero-order valence-corrected chi connectivity index (χ0v) is 21.6. The molecule has 0 unspecified atom stereocenters. The molecule has 0 aliphatic carbocycles. The fourth-order valence-electron chi connectivity index (χ4n) is 4.92. The van der Waals surface area contributed by atoms with E-state index in [1.165, 1.54) is 11.1 Å². The quantitative estimate of drug-likeness (QED) is 0.512. The molecule has 2 atom stereocenters. The lowest BCUT2D eigenvalue weighted by molar-refractivity contribution is -0.133. The van der Waals surface area contributed by atoms with Gasteiger partial charge in [0.2, 0.25) is 5.91 Å². The molecule has 3 rings (SSSR count). The molecule has 180 valence electrons. The van der Waals surface area contributed by atoms with Crippen LogP contribution in [0.3, 0.4) is 0 Å². The molecule has 4 nitrogen and oxygen atoms in total. The molecule has 0 bridgehead atoms. The average Bonchev–Trinajstić information content (AvgIpc) is 2.79. The summed E-state index contributed by atoms with van der Waals surface area (Å²) in [6, 6.07) is 13.4. The van der Waals surface area contributed by atoms with Crippen LogP contribution >= 0.6 is 23.2 Å². The smallest absolute Gasteiger partial charge is 0.239 e. The molecule has 33 heavy (non-hydrogen) atoms. The predicted molar refractivity (Wildman–Crippen MR) is 139 cm³/mol. The third kappa shape index (κ3) is 7.45. The lowest BCUT2D eigenvalue weighted by Gasteiger charge is -2.35. The first-order chi connectivity index (χ1) is 15.8.